The number of hydrogen-bond donors (Lipinski definition) is 1. The van der Waals surface area contributed by atoms with Gasteiger partial charge < -0.3 is 10.1 Å². The Kier molecular flexibility index (Phi) is 6.49. The highest BCUT2D eigenvalue weighted by atomic mass is 16.5. The second-order valence-corrected chi connectivity index (χ2v) is 8.26. The number of aromatic nitrogens is 4. The Hall–Kier alpha value is -3.94. The van der Waals surface area contributed by atoms with Crippen molar-refractivity contribution in [2.24, 2.45) is 0 Å². The summed E-state index contributed by atoms with van der Waals surface area (Å²) < 4.78 is 8.46. The van der Waals surface area contributed by atoms with Crippen molar-refractivity contribution in [1.29, 1.82) is 0 Å². The van der Waals surface area contributed by atoms with Crippen molar-refractivity contribution in [3.8, 4) is 11.4 Å². The van der Waals surface area contributed by atoms with E-state index < -0.39 is 6.04 Å². The van der Waals surface area contributed by atoms with Crippen molar-refractivity contribution in [2.45, 2.75) is 47.1 Å². The van der Waals surface area contributed by atoms with E-state index in [1.807, 2.05) is 58.9 Å². The molecule has 2 aromatic carbocycles. The summed E-state index contributed by atoms with van der Waals surface area (Å²) in [6.07, 6.45) is 0.401. The lowest BCUT2D eigenvalue weighted by atomic mass is 10.1. The highest BCUT2D eigenvalue weighted by Crippen LogP contribution is 2.23. The van der Waals surface area contributed by atoms with Crippen molar-refractivity contribution in [3.05, 3.63) is 75.8 Å². The molecule has 8 heteroatoms. The minimum Gasteiger partial charge on any atom is -0.494 e. The number of nitrogens with zero attached hydrogens (tertiary/aromatic N) is 4. The third kappa shape index (κ3) is 4.31. The van der Waals surface area contributed by atoms with Gasteiger partial charge in [0.25, 0.3) is 5.56 Å². The van der Waals surface area contributed by atoms with Gasteiger partial charge in [0.1, 0.15) is 11.8 Å². The van der Waals surface area contributed by atoms with Crippen molar-refractivity contribution < 1.29 is 9.53 Å². The SMILES string of the molecule is CCOc1ccc(NC(=O)C(CC)n2nc(C)c3c(C)n(-c4ccc(C)cc4)nc3c2=O)cc1. The predicted molar refractivity (Wildman–Crippen MR) is 133 cm³/mol. The maximum absolute atomic E-state index is 13.4. The lowest BCUT2D eigenvalue weighted by Crippen LogP contribution is -2.35. The van der Waals surface area contributed by atoms with Gasteiger partial charge in [-0.05, 0) is 70.5 Å². The summed E-state index contributed by atoms with van der Waals surface area (Å²) in [6, 6.07) is 14.3. The van der Waals surface area contributed by atoms with E-state index in [2.05, 4.69) is 15.5 Å². The molecular weight excluding hydrogens is 430 g/mol. The van der Waals surface area contributed by atoms with Gasteiger partial charge in [-0.15, -0.1) is 0 Å². The first-order valence-electron chi connectivity index (χ1n) is 11.4. The number of amides is 1. The Labute approximate surface area is 198 Å². The Balaban J connectivity index is 1.71. The third-order valence-electron chi connectivity index (χ3n) is 5.84. The third-order valence-corrected chi connectivity index (χ3v) is 5.84. The molecular formula is C26H29N5O3. The average Bonchev–Trinajstić information content (AvgIpc) is 3.17. The van der Waals surface area contributed by atoms with Crippen molar-refractivity contribution in [1.82, 2.24) is 19.6 Å². The highest BCUT2D eigenvalue weighted by molar-refractivity contribution is 5.94. The van der Waals surface area contributed by atoms with Gasteiger partial charge in [-0.3, -0.25) is 9.59 Å². The largest absolute Gasteiger partial charge is 0.494 e. The molecule has 1 atom stereocenters. The summed E-state index contributed by atoms with van der Waals surface area (Å²) in [4.78, 5) is 26.5. The normalized spacial score (nSPS) is 12.0. The van der Waals surface area contributed by atoms with Crippen LogP contribution in [0.4, 0.5) is 5.69 Å². The number of ether oxygens (including phenoxy) is 1. The zero-order valence-corrected chi connectivity index (χ0v) is 20.1. The number of fused-ring (bicyclic) bond motifs is 1. The minimum atomic E-state index is -0.771. The molecule has 0 bridgehead atoms. The molecule has 176 valence electrons. The molecule has 2 aromatic heterocycles. The predicted octanol–water partition coefficient (Wildman–Crippen LogP) is 4.50. The molecule has 1 unspecified atom stereocenters. The number of aryl methyl sites for hydroxylation is 3. The van der Waals surface area contributed by atoms with Gasteiger partial charge in [0.05, 0.1) is 29.1 Å². The summed E-state index contributed by atoms with van der Waals surface area (Å²) >= 11 is 0. The molecule has 2 heterocycles. The fraction of sp³-hybridized carbons (Fsp3) is 0.308. The summed E-state index contributed by atoms with van der Waals surface area (Å²) in [5.74, 6) is 0.417. The second-order valence-electron chi connectivity index (χ2n) is 8.26. The molecule has 4 rings (SSSR count). The molecule has 0 saturated carbocycles. The number of rotatable bonds is 7. The first kappa shape index (κ1) is 23.2. The van der Waals surface area contributed by atoms with Crippen LogP contribution >= 0.6 is 0 Å². The smallest absolute Gasteiger partial charge is 0.295 e. The lowest BCUT2D eigenvalue weighted by Gasteiger charge is -2.17. The van der Waals surface area contributed by atoms with E-state index in [0.717, 1.165) is 22.7 Å². The van der Waals surface area contributed by atoms with E-state index >= 15 is 0 Å². The number of carbonyl (C=O) groups excluding carboxylic acids is 1. The summed E-state index contributed by atoms with van der Waals surface area (Å²) in [5.41, 5.74) is 4.03. The molecule has 0 fully saturated rings. The monoisotopic (exact) mass is 459 g/mol. The molecule has 8 nitrogen and oxygen atoms in total. The van der Waals surface area contributed by atoms with Crippen molar-refractivity contribution in [2.75, 3.05) is 11.9 Å². The lowest BCUT2D eigenvalue weighted by molar-refractivity contribution is -0.119. The maximum atomic E-state index is 13.4. The van der Waals surface area contributed by atoms with Gasteiger partial charge in [0, 0.05) is 5.69 Å². The van der Waals surface area contributed by atoms with Crippen LogP contribution in [0.2, 0.25) is 0 Å². The van der Waals surface area contributed by atoms with E-state index in [-0.39, 0.29) is 11.5 Å². The Morgan fingerprint density at radius 2 is 1.68 bits per heavy atom. The van der Waals surface area contributed by atoms with Crippen LogP contribution in [0.1, 0.15) is 43.3 Å². The number of carbonyl (C=O) groups is 1. The number of benzene rings is 2. The number of nitrogens with one attached hydrogen (secondary N) is 1. The van der Waals surface area contributed by atoms with Gasteiger partial charge in [0.15, 0.2) is 5.52 Å². The first-order chi connectivity index (χ1) is 16.3. The number of hydrogen-bond acceptors (Lipinski definition) is 5. The summed E-state index contributed by atoms with van der Waals surface area (Å²) in [7, 11) is 0. The van der Waals surface area contributed by atoms with Crippen LogP contribution in [-0.4, -0.2) is 32.1 Å². The fourth-order valence-electron chi connectivity index (χ4n) is 4.10. The molecule has 0 aliphatic carbocycles. The molecule has 0 aliphatic rings. The van der Waals surface area contributed by atoms with Crippen LogP contribution in [0.5, 0.6) is 5.75 Å². The van der Waals surface area contributed by atoms with E-state index in [0.29, 0.717) is 35.3 Å². The van der Waals surface area contributed by atoms with Gasteiger partial charge in [-0.25, -0.2) is 9.36 Å². The molecule has 0 spiro atoms. The van der Waals surface area contributed by atoms with Crippen molar-refractivity contribution >= 4 is 22.5 Å². The minimum absolute atomic E-state index is 0.304. The molecule has 1 amide bonds. The van der Waals surface area contributed by atoms with Crippen LogP contribution in [0.25, 0.3) is 16.6 Å². The van der Waals surface area contributed by atoms with Crippen molar-refractivity contribution in [3.63, 3.8) is 0 Å². The molecule has 0 aliphatic heterocycles. The zero-order valence-electron chi connectivity index (χ0n) is 20.1. The van der Waals surface area contributed by atoms with E-state index in [1.54, 1.807) is 28.9 Å². The number of anilines is 1. The summed E-state index contributed by atoms with van der Waals surface area (Å²) in [6.45, 7) is 10.1. The van der Waals surface area contributed by atoms with E-state index in [4.69, 9.17) is 4.74 Å². The highest BCUT2D eigenvalue weighted by Gasteiger charge is 2.25. The summed E-state index contributed by atoms with van der Waals surface area (Å²) in [5, 5.41) is 12.7. The van der Waals surface area contributed by atoms with Gasteiger partial charge >= 0.3 is 0 Å². The van der Waals surface area contributed by atoms with Crippen LogP contribution in [0, 0.1) is 20.8 Å². The molecule has 1 N–H and O–H groups in total. The zero-order chi connectivity index (χ0) is 24.4. The standard InChI is InChI=1S/C26H29N5O3/c1-6-22(25(32)27-19-10-14-21(15-11-19)34-7-2)31-26(33)24-23(17(4)28-31)18(5)30(29-24)20-12-8-16(3)9-13-20/h8-15,22H,6-7H2,1-5H3,(H,27,32). The first-order valence-corrected chi connectivity index (χ1v) is 11.4. The van der Waals surface area contributed by atoms with Crippen LogP contribution < -0.4 is 15.6 Å². The topological polar surface area (TPSA) is 91.0 Å². The Bertz CT molecular complexity index is 1390. The quantitative estimate of drug-likeness (QED) is 0.440. The molecule has 0 radical (unpaired) electrons. The van der Waals surface area contributed by atoms with Crippen LogP contribution in [0.3, 0.4) is 0 Å². The van der Waals surface area contributed by atoms with Crippen LogP contribution in [0.15, 0.2) is 53.3 Å². The molecule has 4 aromatic rings. The second kappa shape index (κ2) is 9.51. The Morgan fingerprint density at radius 3 is 2.29 bits per heavy atom. The maximum Gasteiger partial charge on any atom is 0.295 e. The molecule has 0 saturated heterocycles. The Morgan fingerprint density at radius 1 is 1.00 bits per heavy atom. The van der Waals surface area contributed by atoms with Crippen LogP contribution in [-0.2, 0) is 4.79 Å². The van der Waals surface area contributed by atoms with Gasteiger partial charge in [-0.1, -0.05) is 24.6 Å². The molecule has 34 heavy (non-hydrogen) atoms. The van der Waals surface area contributed by atoms with Gasteiger partial charge in [0.2, 0.25) is 5.91 Å². The fourth-order valence-corrected chi connectivity index (χ4v) is 4.10. The van der Waals surface area contributed by atoms with Gasteiger partial charge in [-0.2, -0.15) is 10.2 Å². The average molecular weight is 460 g/mol. The van der Waals surface area contributed by atoms with E-state index in [9.17, 15) is 9.59 Å². The van der Waals surface area contributed by atoms with E-state index in [1.165, 1.54) is 4.68 Å².